The molecule has 8 aromatic carbocycles. The number of hydrogen-bond donors (Lipinski definition) is 0. The van der Waals surface area contributed by atoms with Crippen molar-refractivity contribution in [3.63, 3.8) is 0 Å². The van der Waals surface area contributed by atoms with Gasteiger partial charge in [0.2, 0.25) is 0 Å². The van der Waals surface area contributed by atoms with Crippen molar-refractivity contribution in [3.8, 4) is 56.2 Å². The summed E-state index contributed by atoms with van der Waals surface area (Å²) in [5.74, 6) is 1.00. The summed E-state index contributed by atoms with van der Waals surface area (Å²) in [5, 5.41) is 3.87. The molecule has 0 aliphatic carbocycles. The molecule has 0 spiro atoms. The maximum absolute atomic E-state index is 5.02. The van der Waals surface area contributed by atoms with Crippen LogP contribution in [0, 0.1) is 0 Å². The summed E-state index contributed by atoms with van der Waals surface area (Å²) in [6.45, 7) is 0. The van der Waals surface area contributed by atoms with Crippen molar-refractivity contribution >= 4 is 36.0 Å². The van der Waals surface area contributed by atoms with E-state index >= 15 is 0 Å². The van der Waals surface area contributed by atoms with Crippen molar-refractivity contribution in [1.82, 2.24) is 9.97 Å². The molecule has 2 unspecified atom stereocenters. The van der Waals surface area contributed by atoms with Crippen molar-refractivity contribution in [2.75, 3.05) is 4.90 Å². The highest BCUT2D eigenvalue weighted by atomic mass is 31.1. The van der Waals surface area contributed by atoms with Crippen LogP contribution in [-0.4, -0.2) is 9.97 Å². The van der Waals surface area contributed by atoms with Crippen molar-refractivity contribution in [2.24, 2.45) is 0 Å². The molecule has 10 rings (SSSR count). The van der Waals surface area contributed by atoms with Gasteiger partial charge in [0, 0.05) is 28.1 Å². The maximum atomic E-state index is 5.02. The number of rotatable bonds is 7. The Balaban J connectivity index is 0.931. The second-order valence-electron chi connectivity index (χ2n) is 13.9. The minimum Gasteiger partial charge on any atom is -0.329 e. The van der Waals surface area contributed by atoms with Gasteiger partial charge in [-0.15, -0.1) is 0 Å². The average molecular weight is 722 g/mol. The van der Waals surface area contributed by atoms with E-state index in [1.807, 2.05) is 36.4 Å². The molecule has 1 aliphatic rings. The zero-order chi connectivity index (χ0) is 36.6. The normalized spacial score (nSPS) is 14.0. The zero-order valence-corrected chi connectivity index (χ0v) is 31.0. The van der Waals surface area contributed by atoms with Gasteiger partial charge in [-0.3, -0.25) is 0 Å². The van der Waals surface area contributed by atoms with Crippen LogP contribution in [0.1, 0.15) is 11.3 Å². The molecule has 0 bridgehead atoms. The molecular formula is C51H36N3P. The van der Waals surface area contributed by atoms with Gasteiger partial charge in [-0.05, 0) is 80.3 Å². The number of anilines is 2. The lowest BCUT2D eigenvalue weighted by Gasteiger charge is -2.28. The second-order valence-corrected chi connectivity index (χ2v) is 15.3. The molecule has 0 radical (unpaired) electrons. The predicted molar refractivity (Wildman–Crippen MR) is 232 cm³/mol. The van der Waals surface area contributed by atoms with Crippen LogP contribution in [0.15, 0.2) is 206 Å². The Bertz CT molecular complexity index is 2710. The molecule has 55 heavy (non-hydrogen) atoms. The molecule has 1 aromatic heterocycles. The monoisotopic (exact) mass is 721 g/mol. The number of fused-ring (bicyclic) bond motifs is 2. The molecular weight excluding hydrogens is 686 g/mol. The van der Waals surface area contributed by atoms with E-state index in [2.05, 4.69) is 175 Å². The van der Waals surface area contributed by atoms with Crippen LogP contribution in [0.3, 0.4) is 0 Å². The lowest BCUT2D eigenvalue weighted by atomic mass is 9.96. The van der Waals surface area contributed by atoms with E-state index in [4.69, 9.17) is 9.97 Å². The van der Waals surface area contributed by atoms with E-state index in [-0.39, 0.29) is 5.78 Å². The molecule has 0 N–H and O–H groups in total. The second kappa shape index (κ2) is 14.3. The third kappa shape index (κ3) is 6.50. The fourth-order valence-corrected chi connectivity index (χ4v) is 9.25. The Kier molecular flexibility index (Phi) is 8.56. The highest BCUT2D eigenvalue weighted by molar-refractivity contribution is 7.49. The summed E-state index contributed by atoms with van der Waals surface area (Å²) in [4.78, 5) is 12.5. The standard InChI is InChI=1S/C51H36N3P/c1-4-12-38(13-5-1)46-34-47(53-50(52-46)40-14-6-2-7-15-40)39-26-20-35(21-27-39)42-30-24-37-25-31-43(33-44(37)32-42)36-22-28-41(29-23-36)51-54(45-16-8-3-9-17-45)48-18-10-11-19-49(48)55-51/h1-34,51,55H. The molecule has 0 fully saturated rings. The number of aromatic nitrogens is 2. The van der Waals surface area contributed by atoms with E-state index in [1.54, 1.807) is 0 Å². The molecule has 9 aromatic rings. The van der Waals surface area contributed by atoms with Gasteiger partial charge in [-0.1, -0.05) is 178 Å². The first-order valence-electron chi connectivity index (χ1n) is 18.7. The summed E-state index contributed by atoms with van der Waals surface area (Å²) < 4.78 is 0. The SMILES string of the molecule is c1ccc(-c2cc(-c3ccc(-c4ccc5ccc(-c6ccc(C7Pc8ccccc8N7c7ccccc7)cc6)cc5c4)cc3)nc(-c3ccccc3)n2)cc1. The van der Waals surface area contributed by atoms with Crippen molar-refractivity contribution in [3.05, 3.63) is 212 Å². The first kappa shape index (κ1) is 32.9. The molecule has 0 amide bonds. The highest BCUT2D eigenvalue weighted by Crippen LogP contribution is 2.51. The van der Waals surface area contributed by atoms with E-state index in [9.17, 15) is 0 Å². The molecule has 2 atom stereocenters. The Morgan fingerprint density at radius 3 is 1.51 bits per heavy atom. The van der Waals surface area contributed by atoms with Crippen LogP contribution >= 0.6 is 8.58 Å². The highest BCUT2D eigenvalue weighted by Gasteiger charge is 2.31. The first-order valence-corrected chi connectivity index (χ1v) is 19.8. The molecule has 2 heterocycles. The quantitative estimate of drug-likeness (QED) is 0.153. The van der Waals surface area contributed by atoms with Gasteiger partial charge < -0.3 is 4.90 Å². The first-order chi connectivity index (χ1) is 27.2. The topological polar surface area (TPSA) is 29.0 Å². The van der Waals surface area contributed by atoms with Crippen molar-refractivity contribution < 1.29 is 0 Å². The van der Waals surface area contributed by atoms with Crippen LogP contribution < -0.4 is 10.2 Å². The zero-order valence-electron chi connectivity index (χ0n) is 30.0. The van der Waals surface area contributed by atoms with Gasteiger partial charge >= 0.3 is 0 Å². The van der Waals surface area contributed by atoms with E-state index in [1.165, 1.54) is 55.3 Å². The smallest absolute Gasteiger partial charge is 0.160 e. The van der Waals surface area contributed by atoms with Gasteiger partial charge in [0.15, 0.2) is 5.82 Å². The third-order valence-electron chi connectivity index (χ3n) is 10.5. The summed E-state index contributed by atoms with van der Waals surface area (Å²) in [7, 11) is 0.686. The van der Waals surface area contributed by atoms with Crippen molar-refractivity contribution in [1.29, 1.82) is 0 Å². The van der Waals surface area contributed by atoms with Gasteiger partial charge in [-0.25, -0.2) is 9.97 Å². The molecule has 3 nitrogen and oxygen atoms in total. The number of benzene rings is 8. The van der Waals surface area contributed by atoms with Crippen molar-refractivity contribution in [2.45, 2.75) is 5.78 Å². The Morgan fingerprint density at radius 2 is 0.873 bits per heavy atom. The van der Waals surface area contributed by atoms with Crippen LogP contribution in [0.25, 0.3) is 66.9 Å². The molecule has 260 valence electrons. The summed E-state index contributed by atoms with van der Waals surface area (Å²) in [6.07, 6.45) is 0. The molecule has 0 saturated heterocycles. The average Bonchev–Trinajstić information content (AvgIpc) is 3.67. The molecule has 0 saturated carbocycles. The summed E-state index contributed by atoms with van der Waals surface area (Å²) in [5.41, 5.74) is 13.6. The third-order valence-corrected chi connectivity index (χ3v) is 12.1. The fraction of sp³-hybridized carbons (Fsp3) is 0.0196. The molecule has 4 heteroatoms. The van der Waals surface area contributed by atoms with E-state index < -0.39 is 0 Å². The van der Waals surface area contributed by atoms with E-state index in [0.717, 1.165) is 33.9 Å². The summed E-state index contributed by atoms with van der Waals surface area (Å²) >= 11 is 0. The maximum Gasteiger partial charge on any atom is 0.160 e. The van der Waals surface area contributed by atoms with Crippen LogP contribution in [0.5, 0.6) is 0 Å². The lowest BCUT2D eigenvalue weighted by molar-refractivity contribution is 0.963. The number of para-hydroxylation sites is 2. The lowest BCUT2D eigenvalue weighted by Crippen LogP contribution is -2.17. The Morgan fingerprint density at radius 1 is 0.382 bits per heavy atom. The fourth-order valence-electron chi connectivity index (χ4n) is 7.63. The van der Waals surface area contributed by atoms with Crippen LogP contribution in [-0.2, 0) is 0 Å². The minimum atomic E-state index is 0.283. The predicted octanol–water partition coefficient (Wildman–Crippen LogP) is 13.1. The molecule has 1 aliphatic heterocycles. The van der Waals surface area contributed by atoms with Gasteiger partial charge in [0.1, 0.15) is 0 Å². The number of nitrogens with zero attached hydrogens (tertiary/aromatic N) is 3. The largest absolute Gasteiger partial charge is 0.329 e. The van der Waals surface area contributed by atoms with Crippen LogP contribution in [0.4, 0.5) is 11.4 Å². The van der Waals surface area contributed by atoms with Gasteiger partial charge in [0.25, 0.3) is 0 Å². The minimum absolute atomic E-state index is 0.283. The van der Waals surface area contributed by atoms with Gasteiger partial charge in [0.05, 0.1) is 17.2 Å². The summed E-state index contributed by atoms with van der Waals surface area (Å²) in [6, 6.07) is 73.7. The van der Waals surface area contributed by atoms with E-state index in [0.29, 0.717) is 8.58 Å². The Hall–Kier alpha value is -6.67. The van der Waals surface area contributed by atoms with Gasteiger partial charge in [-0.2, -0.15) is 0 Å². The number of hydrogen-bond acceptors (Lipinski definition) is 3. The van der Waals surface area contributed by atoms with Crippen LogP contribution in [0.2, 0.25) is 0 Å². The Labute approximate surface area is 323 Å².